The highest BCUT2D eigenvalue weighted by atomic mass is 16.6. The highest BCUT2D eigenvalue weighted by molar-refractivity contribution is 5.74. The van der Waals surface area contributed by atoms with Gasteiger partial charge in [-0.25, -0.2) is 4.79 Å². The zero-order valence-corrected chi connectivity index (χ0v) is 16.5. The molecule has 0 saturated carbocycles. The number of aromatic nitrogens is 2. The molecule has 3 rings (SSSR count). The number of ether oxygens (including phenoxy) is 2. The second kappa shape index (κ2) is 8.25. The van der Waals surface area contributed by atoms with Gasteiger partial charge in [-0.05, 0) is 42.2 Å². The van der Waals surface area contributed by atoms with Crippen LogP contribution in [0.4, 0.5) is 0 Å². The minimum absolute atomic E-state index is 0.0613. The van der Waals surface area contributed by atoms with Crippen molar-refractivity contribution in [3.05, 3.63) is 66.1 Å². The van der Waals surface area contributed by atoms with E-state index in [1.807, 2.05) is 54.6 Å². The minimum Gasteiger partial charge on any atom is -0.479 e. The Morgan fingerprint density at radius 3 is 2.36 bits per heavy atom. The van der Waals surface area contributed by atoms with Gasteiger partial charge >= 0.3 is 5.97 Å². The molecular formula is C22H24N2O4. The molecule has 146 valence electrons. The molecule has 0 fully saturated rings. The molecule has 6 nitrogen and oxygen atoms in total. The van der Waals surface area contributed by atoms with Crippen LogP contribution < -0.4 is 4.74 Å². The predicted molar refractivity (Wildman–Crippen MR) is 105 cm³/mol. The highest BCUT2D eigenvalue weighted by Gasteiger charge is 2.19. The van der Waals surface area contributed by atoms with Crippen molar-refractivity contribution < 1.29 is 18.7 Å². The van der Waals surface area contributed by atoms with Crippen LogP contribution >= 0.6 is 0 Å². The summed E-state index contributed by atoms with van der Waals surface area (Å²) >= 11 is 0. The molecule has 0 saturated heterocycles. The molecule has 2 aromatic carbocycles. The van der Waals surface area contributed by atoms with Gasteiger partial charge in [-0.3, -0.25) is 0 Å². The average Bonchev–Trinajstić information content (AvgIpc) is 3.15. The molecule has 0 radical (unpaired) electrons. The number of hydrogen-bond acceptors (Lipinski definition) is 6. The summed E-state index contributed by atoms with van der Waals surface area (Å²) in [5.74, 6) is 0.727. The number of carbonyl (C=O) groups excluding carboxylic acids is 1. The molecule has 0 aliphatic heterocycles. The van der Waals surface area contributed by atoms with Gasteiger partial charge < -0.3 is 13.9 Å². The predicted octanol–water partition coefficient (Wildman–Crippen LogP) is 4.54. The Morgan fingerprint density at radius 1 is 1.04 bits per heavy atom. The quantitative estimate of drug-likeness (QED) is 0.584. The van der Waals surface area contributed by atoms with Crippen LogP contribution in [0.3, 0.4) is 0 Å². The van der Waals surface area contributed by atoms with Gasteiger partial charge in [0.25, 0.3) is 5.89 Å². The first-order valence-electron chi connectivity index (χ1n) is 9.14. The molecule has 1 heterocycles. The Balaban J connectivity index is 1.53. The topological polar surface area (TPSA) is 74.5 Å². The fraction of sp³-hybridized carbons (Fsp3) is 0.318. The lowest BCUT2D eigenvalue weighted by Gasteiger charge is -2.20. The number of benzene rings is 2. The van der Waals surface area contributed by atoms with Crippen molar-refractivity contribution in [2.24, 2.45) is 0 Å². The second-order valence-electron chi connectivity index (χ2n) is 7.51. The van der Waals surface area contributed by atoms with E-state index in [-0.39, 0.29) is 17.9 Å². The molecule has 3 aromatic rings. The Hall–Kier alpha value is -3.15. The first-order valence-corrected chi connectivity index (χ1v) is 9.14. The summed E-state index contributed by atoms with van der Waals surface area (Å²) in [5, 5.41) is 7.87. The summed E-state index contributed by atoms with van der Waals surface area (Å²) in [6, 6.07) is 17.1. The van der Waals surface area contributed by atoms with Crippen LogP contribution in [0.25, 0.3) is 11.5 Å². The van der Waals surface area contributed by atoms with Crippen molar-refractivity contribution in [3.63, 3.8) is 0 Å². The first kappa shape index (κ1) is 19.6. The Kier molecular flexibility index (Phi) is 5.78. The van der Waals surface area contributed by atoms with E-state index in [0.717, 1.165) is 5.56 Å². The van der Waals surface area contributed by atoms with E-state index in [9.17, 15) is 4.79 Å². The summed E-state index contributed by atoms with van der Waals surface area (Å²) in [7, 11) is 0. The van der Waals surface area contributed by atoms with Crippen LogP contribution in [0.15, 0.2) is 59.0 Å². The van der Waals surface area contributed by atoms with Crippen molar-refractivity contribution in [1.82, 2.24) is 10.2 Å². The van der Waals surface area contributed by atoms with Gasteiger partial charge in [-0.2, -0.15) is 0 Å². The van der Waals surface area contributed by atoms with E-state index in [1.165, 1.54) is 5.56 Å². The molecule has 1 atom stereocenters. The fourth-order valence-corrected chi connectivity index (χ4v) is 2.55. The molecule has 28 heavy (non-hydrogen) atoms. The molecule has 6 heteroatoms. The standard InChI is InChI=1S/C22H24N2O4/c1-15(27-18-12-10-17(11-13-18)22(2,3)4)21(25)26-14-19-23-24-20(28-19)16-8-6-5-7-9-16/h5-13,15H,14H2,1-4H3/t15-/m1/s1. The van der Waals surface area contributed by atoms with Gasteiger partial charge in [-0.1, -0.05) is 51.1 Å². The zero-order valence-electron chi connectivity index (χ0n) is 16.5. The average molecular weight is 380 g/mol. The number of nitrogens with zero attached hydrogens (tertiary/aromatic N) is 2. The molecule has 0 bridgehead atoms. The second-order valence-corrected chi connectivity index (χ2v) is 7.51. The third-order valence-electron chi connectivity index (χ3n) is 4.19. The van der Waals surface area contributed by atoms with E-state index in [2.05, 4.69) is 31.0 Å². The number of carbonyl (C=O) groups is 1. The zero-order chi connectivity index (χ0) is 20.1. The fourth-order valence-electron chi connectivity index (χ4n) is 2.55. The van der Waals surface area contributed by atoms with Crippen molar-refractivity contribution >= 4 is 5.97 Å². The van der Waals surface area contributed by atoms with E-state index < -0.39 is 12.1 Å². The number of rotatable bonds is 6. The summed E-state index contributed by atoms with van der Waals surface area (Å²) < 4.78 is 16.4. The van der Waals surface area contributed by atoms with Crippen molar-refractivity contribution in [2.45, 2.75) is 45.8 Å². The summed E-state index contributed by atoms with van der Waals surface area (Å²) in [5.41, 5.74) is 2.06. The monoisotopic (exact) mass is 380 g/mol. The van der Waals surface area contributed by atoms with Crippen LogP contribution in [-0.2, 0) is 21.6 Å². The van der Waals surface area contributed by atoms with Crippen LogP contribution in [0.1, 0.15) is 39.1 Å². The van der Waals surface area contributed by atoms with Crippen molar-refractivity contribution in [2.75, 3.05) is 0 Å². The van der Waals surface area contributed by atoms with Gasteiger partial charge in [0, 0.05) is 5.56 Å². The maximum absolute atomic E-state index is 12.2. The normalized spacial score (nSPS) is 12.4. The Labute approximate surface area is 164 Å². The summed E-state index contributed by atoms with van der Waals surface area (Å²) in [4.78, 5) is 12.2. The summed E-state index contributed by atoms with van der Waals surface area (Å²) in [6.45, 7) is 7.97. The largest absolute Gasteiger partial charge is 0.479 e. The van der Waals surface area contributed by atoms with Gasteiger partial charge in [0.2, 0.25) is 5.89 Å². The van der Waals surface area contributed by atoms with Gasteiger partial charge in [0.1, 0.15) is 5.75 Å². The highest BCUT2D eigenvalue weighted by Crippen LogP contribution is 2.25. The molecule has 0 unspecified atom stereocenters. The third kappa shape index (κ3) is 4.97. The van der Waals surface area contributed by atoms with Crippen LogP contribution in [0, 0.1) is 0 Å². The van der Waals surface area contributed by atoms with Gasteiger partial charge in [-0.15, -0.1) is 10.2 Å². The Morgan fingerprint density at radius 2 is 1.71 bits per heavy atom. The molecule has 0 aliphatic carbocycles. The molecular weight excluding hydrogens is 356 g/mol. The smallest absolute Gasteiger partial charge is 0.347 e. The minimum atomic E-state index is -0.753. The number of esters is 1. The van der Waals surface area contributed by atoms with Gasteiger partial charge in [0.05, 0.1) is 0 Å². The lowest BCUT2D eigenvalue weighted by Crippen LogP contribution is -2.26. The lowest BCUT2D eigenvalue weighted by molar-refractivity contribution is -0.153. The van der Waals surface area contributed by atoms with Gasteiger partial charge in [0.15, 0.2) is 12.7 Å². The maximum atomic E-state index is 12.2. The van der Waals surface area contributed by atoms with E-state index >= 15 is 0 Å². The summed E-state index contributed by atoms with van der Waals surface area (Å²) in [6.07, 6.45) is -0.753. The molecule has 1 aromatic heterocycles. The maximum Gasteiger partial charge on any atom is 0.347 e. The lowest BCUT2D eigenvalue weighted by atomic mass is 9.87. The van der Waals surface area contributed by atoms with Crippen LogP contribution in [0.5, 0.6) is 5.75 Å². The Bertz CT molecular complexity index is 912. The van der Waals surface area contributed by atoms with Crippen molar-refractivity contribution in [1.29, 1.82) is 0 Å². The van der Waals surface area contributed by atoms with E-state index in [1.54, 1.807) is 6.92 Å². The van der Waals surface area contributed by atoms with E-state index in [0.29, 0.717) is 11.6 Å². The number of hydrogen-bond donors (Lipinski definition) is 0. The van der Waals surface area contributed by atoms with Crippen LogP contribution in [0.2, 0.25) is 0 Å². The molecule has 0 N–H and O–H groups in total. The SMILES string of the molecule is C[C@@H](Oc1ccc(C(C)(C)C)cc1)C(=O)OCc1nnc(-c2ccccc2)o1. The molecule has 0 amide bonds. The van der Waals surface area contributed by atoms with Crippen molar-refractivity contribution in [3.8, 4) is 17.2 Å². The van der Waals surface area contributed by atoms with E-state index in [4.69, 9.17) is 13.9 Å². The first-order chi connectivity index (χ1) is 13.3. The van der Waals surface area contributed by atoms with Crippen LogP contribution in [-0.4, -0.2) is 22.3 Å². The third-order valence-corrected chi connectivity index (χ3v) is 4.19. The molecule has 0 spiro atoms. The molecule has 0 aliphatic rings.